The summed E-state index contributed by atoms with van der Waals surface area (Å²) < 4.78 is 1.76. The molecule has 2 aliphatic rings. The van der Waals surface area contributed by atoms with Crippen LogP contribution in [0.25, 0.3) is 0 Å². The molecule has 0 bridgehead atoms. The molecule has 120 valence electrons. The first-order valence-corrected chi connectivity index (χ1v) is 8.31. The number of amides is 1. The van der Waals surface area contributed by atoms with Gasteiger partial charge in [0.2, 0.25) is 5.91 Å². The van der Waals surface area contributed by atoms with Gasteiger partial charge < -0.3 is 4.90 Å². The van der Waals surface area contributed by atoms with E-state index >= 15 is 0 Å². The van der Waals surface area contributed by atoms with Gasteiger partial charge in [-0.15, -0.1) is 0 Å². The molecule has 0 spiro atoms. The van der Waals surface area contributed by atoms with E-state index in [9.17, 15) is 4.79 Å². The van der Waals surface area contributed by atoms with Gasteiger partial charge in [-0.3, -0.25) is 14.4 Å². The maximum atomic E-state index is 12.5. The number of carbonyl (C=O) groups is 1. The van der Waals surface area contributed by atoms with Crippen LogP contribution in [0.2, 0.25) is 0 Å². The van der Waals surface area contributed by atoms with Gasteiger partial charge in [0.05, 0.1) is 17.9 Å². The molecule has 5 nitrogen and oxygen atoms in total. The second kappa shape index (κ2) is 5.81. The molecule has 2 saturated heterocycles. The maximum absolute atomic E-state index is 12.5. The molecule has 3 heterocycles. The largest absolute Gasteiger partial charge is 0.305 e. The fourth-order valence-electron chi connectivity index (χ4n) is 3.99. The van der Waals surface area contributed by atoms with Crippen LogP contribution in [-0.4, -0.2) is 45.8 Å². The molecule has 2 aromatic rings. The fourth-order valence-corrected chi connectivity index (χ4v) is 3.99. The molecule has 1 aromatic heterocycles. The zero-order valence-electron chi connectivity index (χ0n) is 13.4. The highest BCUT2D eigenvalue weighted by atomic mass is 16.2. The summed E-state index contributed by atoms with van der Waals surface area (Å²) in [7, 11) is 1.89. The number of carbonyl (C=O) groups excluding carboxylic acids is 1. The molecule has 5 heteroatoms. The summed E-state index contributed by atoms with van der Waals surface area (Å²) in [5.41, 5.74) is 2.30. The summed E-state index contributed by atoms with van der Waals surface area (Å²) >= 11 is 0. The molecule has 2 atom stereocenters. The predicted octanol–water partition coefficient (Wildman–Crippen LogP) is 1.84. The third-order valence-electron chi connectivity index (χ3n) is 5.11. The summed E-state index contributed by atoms with van der Waals surface area (Å²) in [5, 5.41) is 4.21. The van der Waals surface area contributed by atoms with Gasteiger partial charge in [-0.2, -0.15) is 5.10 Å². The highest BCUT2D eigenvalue weighted by Gasteiger charge is 2.47. The minimum Gasteiger partial charge on any atom is -0.305 e. The van der Waals surface area contributed by atoms with Gasteiger partial charge in [-0.05, 0) is 18.4 Å². The lowest BCUT2D eigenvalue weighted by atomic mass is 10.1. The predicted molar refractivity (Wildman–Crippen MR) is 89.2 cm³/mol. The van der Waals surface area contributed by atoms with E-state index in [1.165, 1.54) is 5.56 Å². The second-order valence-corrected chi connectivity index (χ2v) is 6.54. The van der Waals surface area contributed by atoms with Crippen LogP contribution >= 0.6 is 0 Å². The Morgan fingerprint density at radius 2 is 2.04 bits per heavy atom. The van der Waals surface area contributed by atoms with Crippen molar-refractivity contribution in [3.05, 3.63) is 48.3 Å². The number of nitrogens with zero attached hydrogens (tertiary/aromatic N) is 4. The van der Waals surface area contributed by atoms with Crippen LogP contribution in [0, 0.1) is 0 Å². The van der Waals surface area contributed by atoms with Crippen molar-refractivity contribution < 1.29 is 4.79 Å². The number of benzene rings is 1. The Bertz CT molecular complexity index is 696. The number of anilines is 1. The Hall–Kier alpha value is -2.14. The Balaban J connectivity index is 1.45. The summed E-state index contributed by atoms with van der Waals surface area (Å²) in [6.45, 7) is 2.10. The third-order valence-corrected chi connectivity index (χ3v) is 5.11. The Labute approximate surface area is 136 Å². The number of rotatable bonds is 4. The van der Waals surface area contributed by atoms with Crippen molar-refractivity contribution in [1.29, 1.82) is 0 Å². The third kappa shape index (κ3) is 2.65. The molecule has 2 aliphatic heterocycles. The van der Waals surface area contributed by atoms with E-state index in [1.807, 2.05) is 18.1 Å². The molecule has 1 aromatic carbocycles. The van der Waals surface area contributed by atoms with E-state index in [0.717, 1.165) is 31.6 Å². The summed E-state index contributed by atoms with van der Waals surface area (Å²) in [6.07, 6.45) is 6.47. The highest BCUT2D eigenvalue weighted by Crippen LogP contribution is 2.35. The maximum Gasteiger partial charge on any atom is 0.229 e. The van der Waals surface area contributed by atoms with Crippen molar-refractivity contribution in [2.24, 2.45) is 7.05 Å². The average Bonchev–Trinajstić information content (AvgIpc) is 3.22. The highest BCUT2D eigenvalue weighted by molar-refractivity contribution is 5.97. The zero-order chi connectivity index (χ0) is 15.8. The van der Waals surface area contributed by atoms with Crippen molar-refractivity contribution in [3.63, 3.8) is 0 Å². The molecule has 4 rings (SSSR count). The first-order valence-electron chi connectivity index (χ1n) is 8.31. The Kier molecular flexibility index (Phi) is 3.65. The lowest BCUT2D eigenvalue weighted by Gasteiger charge is -2.24. The molecule has 0 radical (unpaired) electrons. The van der Waals surface area contributed by atoms with Crippen LogP contribution in [0.3, 0.4) is 0 Å². The van der Waals surface area contributed by atoms with E-state index < -0.39 is 0 Å². The van der Waals surface area contributed by atoms with E-state index in [4.69, 9.17) is 0 Å². The molecule has 2 fully saturated rings. The lowest BCUT2D eigenvalue weighted by Crippen LogP contribution is -2.37. The van der Waals surface area contributed by atoms with Gasteiger partial charge >= 0.3 is 0 Å². The SMILES string of the molecule is Cn1cc(N2C(=O)CC3C2CCN3CCc2ccccc2)cn1. The van der Waals surface area contributed by atoms with Gasteiger partial charge in [-0.25, -0.2) is 0 Å². The standard InChI is InChI=1S/C18H22N4O/c1-20-13-15(12-19-20)22-16-8-10-21(17(16)11-18(22)23)9-7-14-5-3-2-4-6-14/h2-6,12-13,16-17H,7-11H2,1H3. The number of hydrogen-bond donors (Lipinski definition) is 0. The minimum absolute atomic E-state index is 0.234. The number of fused-ring (bicyclic) bond motifs is 1. The first-order chi connectivity index (χ1) is 11.2. The van der Waals surface area contributed by atoms with Crippen LogP contribution in [-0.2, 0) is 18.3 Å². The number of hydrogen-bond acceptors (Lipinski definition) is 3. The second-order valence-electron chi connectivity index (χ2n) is 6.54. The summed E-state index contributed by atoms with van der Waals surface area (Å²) in [5.74, 6) is 0.234. The quantitative estimate of drug-likeness (QED) is 0.865. The van der Waals surface area contributed by atoms with E-state index in [2.05, 4.69) is 40.3 Å². The van der Waals surface area contributed by atoms with Gasteiger partial charge in [0.1, 0.15) is 0 Å². The first kappa shape index (κ1) is 14.5. The number of aromatic nitrogens is 2. The topological polar surface area (TPSA) is 41.4 Å². The molecule has 0 N–H and O–H groups in total. The minimum atomic E-state index is 0.234. The van der Waals surface area contributed by atoms with E-state index in [0.29, 0.717) is 18.5 Å². The van der Waals surface area contributed by atoms with Crippen molar-refractivity contribution in [1.82, 2.24) is 14.7 Å². The normalized spacial score (nSPS) is 24.4. The molecular formula is C18H22N4O. The van der Waals surface area contributed by atoms with Crippen LogP contribution in [0.5, 0.6) is 0 Å². The molecular weight excluding hydrogens is 288 g/mol. The van der Waals surface area contributed by atoms with Crippen LogP contribution in [0.1, 0.15) is 18.4 Å². The molecule has 0 saturated carbocycles. The van der Waals surface area contributed by atoms with Crippen LogP contribution in [0.15, 0.2) is 42.7 Å². The molecule has 23 heavy (non-hydrogen) atoms. The van der Waals surface area contributed by atoms with Crippen LogP contribution in [0.4, 0.5) is 5.69 Å². The zero-order valence-corrected chi connectivity index (χ0v) is 13.4. The van der Waals surface area contributed by atoms with Gasteiger partial charge in [0, 0.05) is 38.8 Å². The average molecular weight is 310 g/mol. The van der Waals surface area contributed by atoms with E-state index in [1.54, 1.807) is 10.9 Å². The van der Waals surface area contributed by atoms with Crippen molar-refractivity contribution >= 4 is 11.6 Å². The lowest BCUT2D eigenvalue weighted by molar-refractivity contribution is -0.117. The van der Waals surface area contributed by atoms with Crippen molar-refractivity contribution in [2.45, 2.75) is 31.3 Å². The molecule has 1 amide bonds. The molecule has 2 unspecified atom stereocenters. The van der Waals surface area contributed by atoms with E-state index in [-0.39, 0.29) is 5.91 Å². The summed E-state index contributed by atoms with van der Waals surface area (Å²) in [4.78, 5) is 16.9. The van der Waals surface area contributed by atoms with Gasteiger partial charge in [0.15, 0.2) is 0 Å². The Morgan fingerprint density at radius 1 is 1.22 bits per heavy atom. The monoisotopic (exact) mass is 310 g/mol. The number of likely N-dealkylation sites (tertiary alicyclic amines) is 1. The van der Waals surface area contributed by atoms with Crippen LogP contribution < -0.4 is 4.90 Å². The number of aryl methyl sites for hydroxylation is 1. The van der Waals surface area contributed by atoms with Gasteiger partial charge in [-0.1, -0.05) is 30.3 Å². The van der Waals surface area contributed by atoms with Crippen molar-refractivity contribution in [2.75, 3.05) is 18.0 Å². The van der Waals surface area contributed by atoms with Crippen molar-refractivity contribution in [3.8, 4) is 0 Å². The van der Waals surface area contributed by atoms with Gasteiger partial charge in [0.25, 0.3) is 0 Å². The fraction of sp³-hybridized carbons (Fsp3) is 0.444. The smallest absolute Gasteiger partial charge is 0.229 e. The Morgan fingerprint density at radius 3 is 2.78 bits per heavy atom. The summed E-state index contributed by atoms with van der Waals surface area (Å²) in [6, 6.07) is 11.2. The molecule has 0 aliphatic carbocycles.